The fourth-order valence-corrected chi connectivity index (χ4v) is 0.109. The molecule has 0 aromatic rings. The van der Waals surface area contributed by atoms with Crippen LogP contribution in [0.15, 0.2) is 0 Å². The highest BCUT2D eigenvalue weighted by Gasteiger charge is 2.30. The number of primary amides is 2. The van der Waals surface area contributed by atoms with Crippen LogP contribution in [0.4, 0.5) is 9.59 Å². The summed E-state index contributed by atoms with van der Waals surface area (Å²) in [6, 6.07) is -1.52. The van der Waals surface area contributed by atoms with Crippen LogP contribution in [-0.4, -0.2) is 30.6 Å². The Balaban J connectivity index is 4.38. The Kier molecular flexibility index (Phi) is 1.77. The second-order valence-electron chi connectivity index (χ2n) is 2.13. The molecule has 0 bridgehead atoms. The van der Waals surface area contributed by atoms with Gasteiger partial charge in [0.2, 0.25) is 0 Å². The van der Waals surface area contributed by atoms with Crippen molar-refractivity contribution in [1.82, 2.24) is 0 Å². The molecule has 5 nitrogen and oxygen atoms in total. The van der Waals surface area contributed by atoms with E-state index >= 15 is 0 Å². The predicted octanol–water partition coefficient (Wildman–Crippen LogP) is -0.780. The minimum atomic E-state index is -0.762. The quantitative estimate of drug-likeness (QED) is 0.423. The van der Waals surface area contributed by atoms with Gasteiger partial charge in [0.05, 0.1) is 14.1 Å². The fraction of sp³-hybridized carbons (Fsp3) is 0.500. The minimum Gasteiger partial charge on any atom is -0.318 e. The summed E-state index contributed by atoms with van der Waals surface area (Å²) in [4.78, 5) is 20.7. The fourth-order valence-electron chi connectivity index (χ4n) is 0.109. The van der Waals surface area contributed by atoms with Crippen LogP contribution >= 0.6 is 0 Å². The van der Waals surface area contributed by atoms with Crippen LogP contribution in [-0.2, 0) is 0 Å². The van der Waals surface area contributed by atoms with E-state index in [2.05, 4.69) is 0 Å². The summed E-state index contributed by atoms with van der Waals surface area (Å²) in [6.07, 6.45) is 0. The third-order valence-corrected chi connectivity index (χ3v) is 1.10. The lowest BCUT2D eigenvalue weighted by atomic mass is 10.6. The first-order chi connectivity index (χ1) is 3.89. The molecule has 9 heavy (non-hydrogen) atoms. The lowest BCUT2D eigenvalue weighted by Gasteiger charge is -2.17. The number of carbonyl (C=O) groups excluding carboxylic acids is 2. The van der Waals surface area contributed by atoms with Gasteiger partial charge in [0.25, 0.3) is 0 Å². The first kappa shape index (κ1) is 7.90. The highest BCUT2D eigenvalue weighted by Crippen LogP contribution is 1.93. The van der Waals surface area contributed by atoms with Crippen LogP contribution < -0.4 is 11.5 Å². The number of carbonyl (C=O) groups is 2. The van der Waals surface area contributed by atoms with Crippen LogP contribution in [0.2, 0.25) is 0 Å². The van der Waals surface area contributed by atoms with Crippen molar-refractivity contribution in [3.05, 3.63) is 0 Å². The van der Waals surface area contributed by atoms with Crippen molar-refractivity contribution < 1.29 is 14.1 Å². The molecular formula is C4H10N3O2+. The van der Waals surface area contributed by atoms with Crippen LogP contribution in [0.1, 0.15) is 0 Å². The van der Waals surface area contributed by atoms with Gasteiger partial charge in [-0.1, -0.05) is 0 Å². The average Bonchev–Trinajstić information content (AvgIpc) is 1.65. The molecule has 4 N–H and O–H groups in total. The number of urea groups is 2. The van der Waals surface area contributed by atoms with Gasteiger partial charge in [-0.25, -0.2) is 9.59 Å². The summed E-state index contributed by atoms with van der Waals surface area (Å²) in [7, 11) is 2.65. The summed E-state index contributed by atoms with van der Waals surface area (Å²) in [6.45, 7) is 0. The molecule has 0 fully saturated rings. The molecule has 0 saturated carbocycles. The lowest BCUT2D eigenvalue weighted by molar-refractivity contribution is -0.719. The van der Waals surface area contributed by atoms with E-state index in [-0.39, 0.29) is 0 Å². The Morgan fingerprint density at radius 2 is 1.33 bits per heavy atom. The van der Waals surface area contributed by atoms with E-state index in [1.54, 1.807) is 0 Å². The van der Waals surface area contributed by atoms with Crippen LogP contribution in [0.5, 0.6) is 0 Å². The topological polar surface area (TPSA) is 86.2 Å². The second-order valence-corrected chi connectivity index (χ2v) is 2.13. The Morgan fingerprint density at radius 1 is 1.11 bits per heavy atom. The Bertz CT molecular complexity index is 136. The van der Waals surface area contributed by atoms with Crippen molar-refractivity contribution >= 4 is 12.1 Å². The van der Waals surface area contributed by atoms with Gasteiger partial charge in [-0.05, 0) is 0 Å². The second kappa shape index (κ2) is 2.02. The first-order valence-corrected chi connectivity index (χ1v) is 2.33. The van der Waals surface area contributed by atoms with Crippen molar-refractivity contribution in [1.29, 1.82) is 0 Å². The zero-order valence-electron chi connectivity index (χ0n) is 5.42. The molecule has 0 unspecified atom stereocenters. The number of imide groups is 1. The molecule has 5 heteroatoms. The van der Waals surface area contributed by atoms with Gasteiger partial charge in [0.15, 0.2) is 0 Å². The van der Waals surface area contributed by atoms with E-state index in [0.29, 0.717) is 0 Å². The van der Waals surface area contributed by atoms with Gasteiger partial charge >= 0.3 is 12.1 Å². The van der Waals surface area contributed by atoms with Crippen LogP contribution in [0, 0.1) is 0 Å². The van der Waals surface area contributed by atoms with Gasteiger partial charge in [0.1, 0.15) is 0 Å². The Labute approximate surface area is 52.8 Å². The number of nitrogens with two attached hydrogens (primary N) is 2. The third kappa shape index (κ3) is 1.39. The number of nitrogens with zero attached hydrogens (tertiary/aromatic N) is 1. The van der Waals surface area contributed by atoms with Crippen molar-refractivity contribution in [2.45, 2.75) is 0 Å². The number of amides is 4. The lowest BCUT2D eigenvalue weighted by Crippen LogP contribution is -2.56. The zero-order valence-corrected chi connectivity index (χ0v) is 5.42. The van der Waals surface area contributed by atoms with Gasteiger partial charge in [0, 0.05) is 0 Å². The van der Waals surface area contributed by atoms with E-state index in [0.717, 1.165) is 0 Å². The molecule has 0 saturated heterocycles. The zero-order chi connectivity index (χ0) is 7.65. The number of quaternary nitrogens is 1. The van der Waals surface area contributed by atoms with Crippen LogP contribution in [0.25, 0.3) is 0 Å². The van der Waals surface area contributed by atoms with E-state index in [9.17, 15) is 9.59 Å². The van der Waals surface area contributed by atoms with Crippen LogP contribution in [0.3, 0.4) is 0 Å². The van der Waals surface area contributed by atoms with E-state index in [1.165, 1.54) is 14.1 Å². The molecule has 0 atom stereocenters. The van der Waals surface area contributed by atoms with E-state index < -0.39 is 16.5 Å². The first-order valence-electron chi connectivity index (χ1n) is 2.33. The van der Waals surface area contributed by atoms with Crippen molar-refractivity contribution in [2.75, 3.05) is 14.1 Å². The summed E-state index contributed by atoms with van der Waals surface area (Å²) < 4.78 is -0.611. The molecule has 0 aromatic carbocycles. The highest BCUT2D eigenvalue weighted by atomic mass is 16.2. The molecule has 0 aliphatic carbocycles. The largest absolute Gasteiger partial charge is 0.422 e. The number of hydrogen-bond donors (Lipinski definition) is 2. The smallest absolute Gasteiger partial charge is 0.318 e. The third-order valence-electron chi connectivity index (χ3n) is 1.10. The van der Waals surface area contributed by atoms with E-state index in [1.807, 2.05) is 0 Å². The van der Waals surface area contributed by atoms with E-state index in [4.69, 9.17) is 11.5 Å². The molecule has 52 valence electrons. The molecule has 0 aliphatic rings. The van der Waals surface area contributed by atoms with Gasteiger partial charge < -0.3 is 11.5 Å². The molecular weight excluding hydrogens is 122 g/mol. The predicted molar refractivity (Wildman–Crippen MR) is 31.3 cm³/mol. The average molecular weight is 132 g/mol. The summed E-state index contributed by atoms with van der Waals surface area (Å²) in [5.74, 6) is 0. The molecule has 0 rings (SSSR count). The maximum atomic E-state index is 10.4. The number of hydrogen-bond acceptors (Lipinski definition) is 2. The Hall–Kier alpha value is -1.10. The normalized spacial score (nSPS) is 10.9. The molecule has 0 spiro atoms. The maximum absolute atomic E-state index is 10.4. The minimum absolute atomic E-state index is 0.611. The molecule has 0 radical (unpaired) electrons. The van der Waals surface area contributed by atoms with Crippen molar-refractivity contribution in [3.8, 4) is 0 Å². The van der Waals surface area contributed by atoms with Gasteiger partial charge in [-0.2, -0.15) is 4.48 Å². The molecule has 4 amide bonds. The maximum Gasteiger partial charge on any atom is 0.422 e. The number of rotatable bonds is 0. The standard InChI is InChI=1S/C4H9N3O2/c1-7(2,3(5)8)4(6)9/h1-2H3,(H3-,5,6,8,9)/p+1. The Morgan fingerprint density at radius 3 is 1.33 bits per heavy atom. The monoisotopic (exact) mass is 132 g/mol. The van der Waals surface area contributed by atoms with Crippen molar-refractivity contribution in [2.24, 2.45) is 11.5 Å². The molecule has 0 aromatic heterocycles. The van der Waals surface area contributed by atoms with Gasteiger partial charge in [-0.3, -0.25) is 0 Å². The van der Waals surface area contributed by atoms with Crippen molar-refractivity contribution in [3.63, 3.8) is 0 Å². The van der Waals surface area contributed by atoms with Gasteiger partial charge in [-0.15, -0.1) is 0 Å². The highest BCUT2D eigenvalue weighted by molar-refractivity contribution is 5.80. The summed E-state index contributed by atoms with van der Waals surface area (Å²) in [5, 5.41) is 0. The summed E-state index contributed by atoms with van der Waals surface area (Å²) in [5.41, 5.74) is 9.61. The summed E-state index contributed by atoms with van der Waals surface area (Å²) >= 11 is 0. The molecule has 0 aliphatic heterocycles. The molecule has 0 heterocycles. The SMILES string of the molecule is C[N+](C)(C(N)=O)C(N)=O.